The van der Waals surface area contributed by atoms with E-state index in [1.165, 1.54) is 6.26 Å². The monoisotopic (exact) mass is 281 g/mol. The molecular formula is C14H19NO3S. The van der Waals surface area contributed by atoms with Crippen molar-refractivity contribution in [3.05, 3.63) is 29.8 Å². The first kappa shape index (κ1) is 14.1. The molecule has 1 aromatic carbocycles. The predicted octanol–water partition coefficient (Wildman–Crippen LogP) is 2.02. The van der Waals surface area contributed by atoms with Gasteiger partial charge in [-0.3, -0.25) is 4.79 Å². The highest BCUT2D eigenvalue weighted by molar-refractivity contribution is 7.90. The van der Waals surface area contributed by atoms with Crippen LogP contribution in [0.2, 0.25) is 0 Å². The summed E-state index contributed by atoms with van der Waals surface area (Å²) in [5.74, 6) is 0.377. The van der Waals surface area contributed by atoms with Crippen molar-refractivity contribution in [2.45, 2.75) is 30.7 Å². The average Bonchev–Trinajstić information content (AvgIpc) is 3.19. The predicted molar refractivity (Wildman–Crippen MR) is 73.5 cm³/mol. The molecule has 1 aromatic rings. The highest BCUT2D eigenvalue weighted by atomic mass is 32.2. The molecule has 1 unspecified atom stereocenters. The Balaban J connectivity index is 2.15. The summed E-state index contributed by atoms with van der Waals surface area (Å²) in [5.41, 5.74) is 0.948. The molecule has 1 fully saturated rings. The number of carbonyl (C=O) groups excluding carboxylic acids is 1. The Morgan fingerprint density at radius 2 is 1.79 bits per heavy atom. The summed E-state index contributed by atoms with van der Waals surface area (Å²) in [6.45, 7) is 1.95. The molecule has 2 rings (SSSR count). The summed E-state index contributed by atoms with van der Waals surface area (Å²) in [5, 5.41) is 0. The lowest BCUT2D eigenvalue weighted by molar-refractivity contribution is -0.133. The lowest BCUT2D eigenvalue weighted by Crippen LogP contribution is -2.30. The van der Waals surface area contributed by atoms with Gasteiger partial charge in [0.1, 0.15) is 0 Å². The molecule has 5 heteroatoms. The summed E-state index contributed by atoms with van der Waals surface area (Å²) in [7, 11) is -1.36. The molecule has 1 saturated carbocycles. The van der Waals surface area contributed by atoms with Gasteiger partial charge in [-0.25, -0.2) is 8.42 Å². The summed E-state index contributed by atoms with van der Waals surface area (Å²) in [6.07, 6.45) is 3.17. The van der Waals surface area contributed by atoms with Gasteiger partial charge in [-0.15, -0.1) is 0 Å². The van der Waals surface area contributed by atoms with Gasteiger partial charge in [-0.05, 0) is 37.5 Å². The minimum atomic E-state index is -3.17. The second kappa shape index (κ2) is 4.96. The normalized spacial score (nSPS) is 17.0. The maximum absolute atomic E-state index is 12.0. The third-order valence-corrected chi connectivity index (χ3v) is 4.77. The van der Waals surface area contributed by atoms with E-state index in [-0.39, 0.29) is 17.9 Å². The smallest absolute Gasteiger partial charge is 0.225 e. The minimum absolute atomic E-state index is 0.0401. The summed E-state index contributed by atoms with van der Waals surface area (Å²) >= 11 is 0. The summed E-state index contributed by atoms with van der Waals surface area (Å²) in [4.78, 5) is 14.0. The Hall–Kier alpha value is -1.36. The molecule has 104 valence electrons. The van der Waals surface area contributed by atoms with Crippen LogP contribution in [-0.4, -0.2) is 32.5 Å². The number of nitrogens with zero attached hydrogens (tertiary/aromatic N) is 1. The number of hydrogen-bond donors (Lipinski definition) is 0. The van der Waals surface area contributed by atoms with E-state index in [1.807, 2.05) is 6.92 Å². The first-order chi connectivity index (χ1) is 8.80. The number of carbonyl (C=O) groups is 1. The number of benzene rings is 1. The highest BCUT2D eigenvalue weighted by Crippen LogP contribution is 2.33. The largest absolute Gasteiger partial charge is 0.339 e. The van der Waals surface area contributed by atoms with Crippen LogP contribution in [0.5, 0.6) is 0 Å². The average molecular weight is 281 g/mol. The quantitative estimate of drug-likeness (QED) is 0.848. The molecule has 0 radical (unpaired) electrons. The molecule has 4 nitrogen and oxygen atoms in total. The molecule has 0 saturated heterocycles. The van der Waals surface area contributed by atoms with E-state index in [4.69, 9.17) is 0 Å². The number of sulfone groups is 1. The van der Waals surface area contributed by atoms with E-state index in [1.54, 1.807) is 36.2 Å². The zero-order chi connectivity index (χ0) is 14.2. The Bertz CT molecular complexity index is 573. The standard InChI is InChI=1S/C14H19NO3S/c1-10(15(2)14(16)12-4-5-12)11-6-8-13(9-7-11)19(3,17)18/h6-10,12H,4-5H2,1-3H3. The lowest BCUT2D eigenvalue weighted by Gasteiger charge is -2.25. The highest BCUT2D eigenvalue weighted by Gasteiger charge is 2.33. The number of rotatable bonds is 4. The Kier molecular flexibility index (Phi) is 3.67. The van der Waals surface area contributed by atoms with Crippen LogP contribution in [0.25, 0.3) is 0 Å². The van der Waals surface area contributed by atoms with Crippen molar-refractivity contribution in [2.24, 2.45) is 5.92 Å². The molecule has 0 heterocycles. The summed E-state index contributed by atoms with van der Waals surface area (Å²) in [6, 6.07) is 6.70. The van der Waals surface area contributed by atoms with Crippen LogP contribution in [0.3, 0.4) is 0 Å². The van der Waals surface area contributed by atoms with Gasteiger partial charge in [0.25, 0.3) is 0 Å². The van der Waals surface area contributed by atoms with E-state index >= 15 is 0 Å². The van der Waals surface area contributed by atoms with Crippen LogP contribution in [0.4, 0.5) is 0 Å². The SMILES string of the molecule is CC(c1ccc(S(C)(=O)=O)cc1)N(C)C(=O)C1CC1. The van der Waals surface area contributed by atoms with Gasteiger partial charge in [0.05, 0.1) is 10.9 Å². The Labute approximate surface area is 114 Å². The van der Waals surface area contributed by atoms with Crippen LogP contribution in [0.15, 0.2) is 29.2 Å². The van der Waals surface area contributed by atoms with Crippen molar-refractivity contribution in [1.29, 1.82) is 0 Å². The van der Waals surface area contributed by atoms with Crippen LogP contribution >= 0.6 is 0 Å². The molecule has 1 atom stereocenters. The van der Waals surface area contributed by atoms with Crippen LogP contribution in [0, 0.1) is 5.92 Å². The Morgan fingerprint density at radius 3 is 2.21 bits per heavy atom. The van der Waals surface area contributed by atoms with Crippen LogP contribution < -0.4 is 0 Å². The molecule has 0 N–H and O–H groups in total. The molecule has 1 aliphatic rings. The van der Waals surface area contributed by atoms with Crippen molar-refractivity contribution in [2.75, 3.05) is 13.3 Å². The summed E-state index contributed by atoms with van der Waals surface area (Å²) < 4.78 is 22.8. The van der Waals surface area contributed by atoms with E-state index in [0.717, 1.165) is 18.4 Å². The Morgan fingerprint density at radius 1 is 1.26 bits per heavy atom. The van der Waals surface area contributed by atoms with Gasteiger partial charge in [-0.2, -0.15) is 0 Å². The first-order valence-corrected chi connectivity index (χ1v) is 8.26. The zero-order valence-corrected chi connectivity index (χ0v) is 12.3. The second-order valence-corrected chi connectivity index (χ2v) is 7.26. The van der Waals surface area contributed by atoms with E-state index in [9.17, 15) is 13.2 Å². The first-order valence-electron chi connectivity index (χ1n) is 6.37. The van der Waals surface area contributed by atoms with Crippen LogP contribution in [-0.2, 0) is 14.6 Å². The fourth-order valence-electron chi connectivity index (χ4n) is 2.03. The van der Waals surface area contributed by atoms with Gasteiger partial charge in [-0.1, -0.05) is 12.1 Å². The maximum atomic E-state index is 12.0. The fourth-order valence-corrected chi connectivity index (χ4v) is 2.66. The van der Waals surface area contributed by atoms with E-state index < -0.39 is 9.84 Å². The molecule has 0 bridgehead atoms. The van der Waals surface area contributed by atoms with Gasteiger partial charge in [0.2, 0.25) is 5.91 Å². The van der Waals surface area contributed by atoms with E-state index in [0.29, 0.717) is 4.90 Å². The van der Waals surface area contributed by atoms with E-state index in [2.05, 4.69) is 0 Å². The van der Waals surface area contributed by atoms with Crippen molar-refractivity contribution in [3.8, 4) is 0 Å². The molecule has 0 aliphatic heterocycles. The lowest BCUT2D eigenvalue weighted by atomic mass is 10.1. The molecule has 0 spiro atoms. The molecule has 1 aliphatic carbocycles. The van der Waals surface area contributed by atoms with Crippen molar-refractivity contribution >= 4 is 15.7 Å². The van der Waals surface area contributed by atoms with Gasteiger partial charge < -0.3 is 4.90 Å². The van der Waals surface area contributed by atoms with Gasteiger partial charge >= 0.3 is 0 Å². The molecule has 1 amide bonds. The van der Waals surface area contributed by atoms with Gasteiger partial charge in [0.15, 0.2) is 9.84 Å². The second-order valence-electron chi connectivity index (χ2n) is 5.24. The third-order valence-electron chi connectivity index (χ3n) is 3.65. The zero-order valence-electron chi connectivity index (χ0n) is 11.5. The molecule has 19 heavy (non-hydrogen) atoms. The number of amides is 1. The van der Waals surface area contributed by atoms with Crippen molar-refractivity contribution < 1.29 is 13.2 Å². The van der Waals surface area contributed by atoms with Crippen molar-refractivity contribution in [3.63, 3.8) is 0 Å². The van der Waals surface area contributed by atoms with Gasteiger partial charge in [0, 0.05) is 19.2 Å². The topological polar surface area (TPSA) is 54.5 Å². The third kappa shape index (κ3) is 3.15. The molecular weight excluding hydrogens is 262 g/mol. The molecule has 0 aromatic heterocycles. The van der Waals surface area contributed by atoms with Crippen LogP contribution in [0.1, 0.15) is 31.4 Å². The minimum Gasteiger partial charge on any atom is -0.339 e. The maximum Gasteiger partial charge on any atom is 0.225 e. The van der Waals surface area contributed by atoms with Crippen molar-refractivity contribution in [1.82, 2.24) is 4.90 Å². The fraction of sp³-hybridized carbons (Fsp3) is 0.500. The number of hydrogen-bond acceptors (Lipinski definition) is 3.